The molecule has 0 aliphatic rings. The van der Waals surface area contributed by atoms with Crippen LogP contribution < -0.4 is 10.6 Å². The van der Waals surface area contributed by atoms with Crippen LogP contribution in [0.1, 0.15) is 30.4 Å². The van der Waals surface area contributed by atoms with Gasteiger partial charge in [0.25, 0.3) is 0 Å². The van der Waals surface area contributed by atoms with Gasteiger partial charge < -0.3 is 10.6 Å². The zero-order chi connectivity index (χ0) is 15.8. The van der Waals surface area contributed by atoms with Gasteiger partial charge in [0.1, 0.15) is 0 Å². The summed E-state index contributed by atoms with van der Waals surface area (Å²) in [7, 11) is 1.81. The molecule has 7 heteroatoms. The lowest BCUT2D eigenvalue weighted by molar-refractivity contribution is 0.569. The molecule has 0 aliphatic heterocycles. The minimum Gasteiger partial charge on any atom is -0.356 e. The summed E-state index contributed by atoms with van der Waals surface area (Å²) >= 11 is 1.74. The van der Waals surface area contributed by atoms with E-state index in [9.17, 15) is 0 Å². The fourth-order valence-electron chi connectivity index (χ4n) is 2.18. The van der Waals surface area contributed by atoms with E-state index in [4.69, 9.17) is 0 Å². The molecule has 1 atom stereocenters. The second-order valence-electron chi connectivity index (χ2n) is 5.47. The van der Waals surface area contributed by atoms with Gasteiger partial charge in [-0.3, -0.25) is 9.67 Å². The Morgan fingerprint density at radius 3 is 2.87 bits per heavy atom. The summed E-state index contributed by atoms with van der Waals surface area (Å²) in [5.74, 6) is 1.34. The van der Waals surface area contributed by atoms with E-state index in [2.05, 4.69) is 57.6 Å². The molecule has 0 saturated heterocycles. The van der Waals surface area contributed by atoms with Crippen LogP contribution in [0.3, 0.4) is 0 Å². The first kappa shape index (κ1) is 20.0. The fourth-order valence-corrected chi connectivity index (χ4v) is 2.96. The summed E-state index contributed by atoms with van der Waals surface area (Å²) in [6, 6.07) is 2.18. The molecule has 0 aliphatic carbocycles. The van der Waals surface area contributed by atoms with Gasteiger partial charge in [0, 0.05) is 32.9 Å². The number of halogens is 1. The molecular formula is C16H26IN5S. The number of rotatable bonds is 7. The molecule has 0 radical (unpaired) electrons. The minimum atomic E-state index is 0. The van der Waals surface area contributed by atoms with E-state index >= 15 is 0 Å². The van der Waals surface area contributed by atoms with E-state index in [0.29, 0.717) is 5.92 Å². The largest absolute Gasteiger partial charge is 0.356 e. The number of guanidine groups is 1. The summed E-state index contributed by atoms with van der Waals surface area (Å²) in [6.45, 7) is 6.97. The first-order chi connectivity index (χ1) is 10.7. The Morgan fingerprint density at radius 1 is 1.43 bits per heavy atom. The Hall–Kier alpha value is -1.09. The molecule has 0 aromatic carbocycles. The van der Waals surface area contributed by atoms with Crippen molar-refractivity contribution in [2.45, 2.75) is 32.7 Å². The lowest BCUT2D eigenvalue weighted by Crippen LogP contribution is -2.39. The predicted molar refractivity (Wildman–Crippen MR) is 109 cm³/mol. The van der Waals surface area contributed by atoms with Crippen LogP contribution in [0.15, 0.2) is 34.2 Å². The minimum absolute atomic E-state index is 0. The van der Waals surface area contributed by atoms with Crippen molar-refractivity contribution < 1.29 is 0 Å². The Bertz CT molecular complexity index is 579. The average Bonchev–Trinajstić information content (AvgIpc) is 3.18. The van der Waals surface area contributed by atoms with Gasteiger partial charge >= 0.3 is 0 Å². The Morgan fingerprint density at radius 2 is 2.26 bits per heavy atom. The summed E-state index contributed by atoms with van der Waals surface area (Å²) in [4.78, 5) is 4.26. The maximum absolute atomic E-state index is 4.28. The number of hydrogen-bond acceptors (Lipinski definition) is 3. The quantitative estimate of drug-likeness (QED) is 0.297. The van der Waals surface area contributed by atoms with Crippen molar-refractivity contribution in [3.63, 3.8) is 0 Å². The Kier molecular flexibility index (Phi) is 9.23. The molecule has 0 spiro atoms. The van der Waals surface area contributed by atoms with Gasteiger partial charge in [0.15, 0.2) is 5.96 Å². The van der Waals surface area contributed by atoms with E-state index in [1.807, 2.05) is 10.9 Å². The molecule has 0 bridgehead atoms. The highest BCUT2D eigenvalue weighted by atomic mass is 127. The van der Waals surface area contributed by atoms with Crippen LogP contribution in [-0.4, -0.2) is 35.9 Å². The number of aliphatic imine (C=N–C) groups is 1. The lowest BCUT2D eigenvalue weighted by Gasteiger charge is -2.15. The third kappa shape index (κ3) is 6.90. The number of thiophene rings is 1. The Labute approximate surface area is 159 Å². The van der Waals surface area contributed by atoms with Gasteiger partial charge in [-0.2, -0.15) is 16.4 Å². The molecule has 1 unspecified atom stereocenters. The van der Waals surface area contributed by atoms with Crippen molar-refractivity contribution in [3.8, 4) is 0 Å². The number of hydrogen-bond donors (Lipinski definition) is 2. The van der Waals surface area contributed by atoms with E-state index < -0.39 is 0 Å². The number of aryl methyl sites for hydroxylation is 2. The number of nitrogens with zero attached hydrogens (tertiary/aromatic N) is 3. The SMILES string of the molecule is CN=C(NCCCn1cc(C)cn1)NCC(C)c1ccsc1.I. The third-order valence-corrected chi connectivity index (χ3v) is 4.23. The van der Waals surface area contributed by atoms with Gasteiger partial charge in [-0.05, 0) is 47.2 Å². The van der Waals surface area contributed by atoms with Gasteiger partial charge in [0.2, 0.25) is 0 Å². The highest BCUT2D eigenvalue weighted by Gasteiger charge is 2.06. The second kappa shape index (κ2) is 10.6. The van der Waals surface area contributed by atoms with Gasteiger partial charge in [-0.25, -0.2) is 0 Å². The third-order valence-electron chi connectivity index (χ3n) is 3.53. The molecule has 2 heterocycles. The maximum atomic E-state index is 4.28. The van der Waals surface area contributed by atoms with Crippen molar-refractivity contribution in [2.75, 3.05) is 20.1 Å². The normalized spacial score (nSPS) is 12.6. The van der Waals surface area contributed by atoms with E-state index in [0.717, 1.165) is 32.0 Å². The highest BCUT2D eigenvalue weighted by Crippen LogP contribution is 2.16. The van der Waals surface area contributed by atoms with Crippen molar-refractivity contribution in [2.24, 2.45) is 4.99 Å². The van der Waals surface area contributed by atoms with Gasteiger partial charge in [-0.1, -0.05) is 6.92 Å². The molecule has 2 N–H and O–H groups in total. The van der Waals surface area contributed by atoms with Crippen molar-refractivity contribution in [1.29, 1.82) is 0 Å². The van der Waals surface area contributed by atoms with Crippen molar-refractivity contribution in [1.82, 2.24) is 20.4 Å². The summed E-state index contributed by atoms with van der Waals surface area (Å²) in [5, 5.41) is 15.3. The molecule has 5 nitrogen and oxygen atoms in total. The van der Waals surface area contributed by atoms with E-state index in [-0.39, 0.29) is 24.0 Å². The van der Waals surface area contributed by atoms with Crippen LogP contribution in [0.2, 0.25) is 0 Å². The van der Waals surface area contributed by atoms with Gasteiger partial charge in [0.05, 0.1) is 6.20 Å². The Balaban J connectivity index is 0.00000264. The first-order valence-corrected chi connectivity index (χ1v) is 8.59. The van der Waals surface area contributed by atoms with Crippen molar-refractivity contribution in [3.05, 3.63) is 40.3 Å². The second-order valence-corrected chi connectivity index (χ2v) is 6.25. The van der Waals surface area contributed by atoms with Crippen LogP contribution in [-0.2, 0) is 6.54 Å². The molecule has 2 aromatic rings. The summed E-state index contributed by atoms with van der Waals surface area (Å²) in [5.41, 5.74) is 2.58. The molecular weight excluding hydrogens is 421 g/mol. The molecule has 128 valence electrons. The average molecular weight is 447 g/mol. The molecule has 2 aromatic heterocycles. The molecule has 23 heavy (non-hydrogen) atoms. The molecule has 0 saturated carbocycles. The zero-order valence-corrected chi connectivity index (χ0v) is 17.1. The maximum Gasteiger partial charge on any atom is 0.190 e. The topological polar surface area (TPSA) is 54.2 Å². The summed E-state index contributed by atoms with van der Waals surface area (Å²) in [6.07, 6.45) is 4.97. The molecule has 0 amide bonds. The lowest BCUT2D eigenvalue weighted by atomic mass is 10.1. The van der Waals surface area contributed by atoms with Crippen LogP contribution >= 0.6 is 35.3 Å². The monoisotopic (exact) mass is 447 g/mol. The van der Waals surface area contributed by atoms with Crippen LogP contribution in [0.25, 0.3) is 0 Å². The summed E-state index contributed by atoms with van der Waals surface area (Å²) < 4.78 is 1.98. The number of aromatic nitrogens is 2. The van der Waals surface area contributed by atoms with Crippen LogP contribution in [0.5, 0.6) is 0 Å². The molecule has 0 fully saturated rings. The smallest absolute Gasteiger partial charge is 0.190 e. The predicted octanol–water partition coefficient (Wildman–Crippen LogP) is 3.23. The fraction of sp³-hybridized carbons (Fsp3) is 0.500. The first-order valence-electron chi connectivity index (χ1n) is 7.64. The van der Waals surface area contributed by atoms with Crippen LogP contribution in [0, 0.1) is 6.92 Å². The van der Waals surface area contributed by atoms with Crippen molar-refractivity contribution >= 4 is 41.3 Å². The standard InChI is InChI=1S/C16H25N5S.HI/c1-13-9-20-21(11-13)7-4-6-18-16(17-3)19-10-14(2)15-5-8-22-12-15;/h5,8-9,11-12,14H,4,6-7,10H2,1-3H3,(H2,17,18,19);1H. The van der Waals surface area contributed by atoms with E-state index in [1.165, 1.54) is 11.1 Å². The van der Waals surface area contributed by atoms with E-state index in [1.54, 1.807) is 18.4 Å². The highest BCUT2D eigenvalue weighted by molar-refractivity contribution is 14.0. The number of nitrogens with one attached hydrogen (secondary N) is 2. The molecule has 2 rings (SSSR count). The zero-order valence-electron chi connectivity index (χ0n) is 14.0. The van der Waals surface area contributed by atoms with Gasteiger partial charge in [-0.15, -0.1) is 24.0 Å². The van der Waals surface area contributed by atoms with Crippen LogP contribution in [0.4, 0.5) is 0 Å².